The summed E-state index contributed by atoms with van der Waals surface area (Å²) in [7, 11) is -3.93. The molecule has 0 bridgehead atoms. The van der Waals surface area contributed by atoms with E-state index >= 15 is 0 Å². The molecule has 1 aliphatic carbocycles. The summed E-state index contributed by atoms with van der Waals surface area (Å²) in [6, 6.07) is 20.9. The van der Waals surface area contributed by atoms with Gasteiger partial charge in [0, 0.05) is 48.6 Å². The number of fused-ring (bicyclic) bond motifs is 2. The Labute approximate surface area is 180 Å². The van der Waals surface area contributed by atoms with E-state index in [1.165, 1.54) is 22.5 Å². The molecule has 0 amide bonds. The van der Waals surface area contributed by atoms with Gasteiger partial charge in [-0.3, -0.25) is 9.59 Å². The van der Waals surface area contributed by atoms with Crippen LogP contribution in [-0.2, 0) is 10.0 Å². The van der Waals surface area contributed by atoms with Crippen molar-refractivity contribution >= 4 is 27.3 Å². The standard InChI is InChI=1S/C24H20N2O4S/c27-23-18-9-4-5-10-19(18)24(28)22-20(23)11-6-12-21(22)31(29,30)26-15-13-25(14-16-26)17-7-2-1-3-8-17/h1-12H,13-16H2. The van der Waals surface area contributed by atoms with Crippen molar-refractivity contribution in [3.05, 3.63) is 95.1 Å². The molecule has 2 aliphatic rings. The van der Waals surface area contributed by atoms with Crippen LogP contribution in [0.1, 0.15) is 31.8 Å². The Kier molecular flexibility index (Phi) is 4.72. The fourth-order valence-electron chi connectivity index (χ4n) is 4.29. The van der Waals surface area contributed by atoms with Crippen molar-refractivity contribution in [1.82, 2.24) is 4.31 Å². The molecular weight excluding hydrogens is 412 g/mol. The molecule has 6 nitrogen and oxygen atoms in total. The lowest BCUT2D eigenvalue weighted by Gasteiger charge is -2.35. The van der Waals surface area contributed by atoms with Crippen molar-refractivity contribution in [2.75, 3.05) is 31.1 Å². The molecule has 1 fully saturated rings. The number of hydrogen-bond donors (Lipinski definition) is 0. The number of rotatable bonds is 3. The Balaban J connectivity index is 1.49. The lowest BCUT2D eigenvalue weighted by molar-refractivity contribution is 0.0976. The van der Waals surface area contributed by atoms with Gasteiger partial charge in [-0.05, 0) is 18.2 Å². The molecule has 0 atom stereocenters. The third-order valence-electron chi connectivity index (χ3n) is 5.89. The van der Waals surface area contributed by atoms with Crippen LogP contribution in [0.15, 0.2) is 77.7 Å². The molecule has 0 radical (unpaired) electrons. The molecule has 31 heavy (non-hydrogen) atoms. The average Bonchev–Trinajstić information content (AvgIpc) is 2.82. The molecule has 0 unspecified atom stereocenters. The fourth-order valence-corrected chi connectivity index (χ4v) is 5.93. The number of anilines is 1. The smallest absolute Gasteiger partial charge is 0.243 e. The van der Waals surface area contributed by atoms with Crippen LogP contribution in [0.2, 0.25) is 0 Å². The highest BCUT2D eigenvalue weighted by atomic mass is 32.2. The maximum absolute atomic E-state index is 13.5. The Bertz CT molecular complexity index is 1290. The van der Waals surface area contributed by atoms with E-state index in [2.05, 4.69) is 4.90 Å². The number of carbonyl (C=O) groups is 2. The quantitative estimate of drug-likeness (QED) is 0.498. The molecule has 0 saturated carbocycles. The van der Waals surface area contributed by atoms with Crippen molar-refractivity contribution in [3.8, 4) is 0 Å². The fraction of sp³-hybridized carbons (Fsp3) is 0.167. The highest BCUT2D eigenvalue weighted by Gasteiger charge is 2.37. The Morgan fingerprint density at radius 2 is 1.19 bits per heavy atom. The van der Waals surface area contributed by atoms with E-state index in [0.29, 0.717) is 31.7 Å². The van der Waals surface area contributed by atoms with E-state index in [1.54, 1.807) is 24.3 Å². The molecule has 7 heteroatoms. The second-order valence-electron chi connectivity index (χ2n) is 7.61. The number of ketones is 2. The summed E-state index contributed by atoms with van der Waals surface area (Å²) < 4.78 is 28.4. The van der Waals surface area contributed by atoms with Gasteiger partial charge < -0.3 is 4.90 Å². The summed E-state index contributed by atoms with van der Waals surface area (Å²) in [5.41, 5.74) is 1.74. The molecule has 3 aromatic carbocycles. The highest BCUT2D eigenvalue weighted by Crippen LogP contribution is 2.33. The first-order valence-electron chi connectivity index (χ1n) is 10.1. The molecule has 0 aromatic heterocycles. The normalized spacial score (nSPS) is 16.7. The molecule has 156 valence electrons. The van der Waals surface area contributed by atoms with Crippen LogP contribution in [0.5, 0.6) is 0 Å². The number of piperazine rings is 1. The number of nitrogens with zero attached hydrogens (tertiary/aromatic N) is 2. The van der Waals surface area contributed by atoms with Crippen molar-refractivity contribution in [3.63, 3.8) is 0 Å². The number of sulfonamides is 1. The predicted octanol–water partition coefficient (Wildman–Crippen LogP) is 2.97. The van der Waals surface area contributed by atoms with Crippen molar-refractivity contribution in [2.24, 2.45) is 0 Å². The second kappa shape index (κ2) is 7.44. The van der Waals surface area contributed by atoms with Gasteiger partial charge in [-0.15, -0.1) is 0 Å². The van der Waals surface area contributed by atoms with E-state index in [0.717, 1.165) is 5.69 Å². The molecule has 1 aliphatic heterocycles. The van der Waals surface area contributed by atoms with Crippen molar-refractivity contribution in [2.45, 2.75) is 4.90 Å². The maximum atomic E-state index is 13.5. The zero-order valence-electron chi connectivity index (χ0n) is 16.7. The molecule has 0 N–H and O–H groups in total. The van der Waals surface area contributed by atoms with Crippen LogP contribution in [0, 0.1) is 0 Å². The van der Waals surface area contributed by atoms with Gasteiger partial charge in [-0.1, -0.05) is 54.6 Å². The van der Waals surface area contributed by atoms with E-state index in [1.807, 2.05) is 30.3 Å². The summed E-state index contributed by atoms with van der Waals surface area (Å²) in [5, 5.41) is 0. The summed E-state index contributed by atoms with van der Waals surface area (Å²) in [6.07, 6.45) is 0. The van der Waals surface area contributed by atoms with Gasteiger partial charge in [0.1, 0.15) is 0 Å². The lowest BCUT2D eigenvalue weighted by Crippen LogP contribution is -2.49. The molecule has 1 heterocycles. The number of benzene rings is 3. The number of para-hydroxylation sites is 1. The maximum Gasteiger partial charge on any atom is 0.243 e. The predicted molar refractivity (Wildman–Crippen MR) is 117 cm³/mol. The van der Waals surface area contributed by atoms with Gasteiger partial charge in [0.05, 0.1) is 10.5 Å². The first-order chi connectivity index (χ1) is 15.0. The van der Waals surface area contributed by atoms with Crippen LogP contribution in [-0.4, -0.2) is 50.5 Å². The highest BCUT2D eigenvalue weighted by molar-refractivity contribution is 7.89. The monoisotopic (exact) mass is 432 g/mol. The number of hydrogen-bond acceptors (Lipinski definition) is 5. The van der Waals surface area contributed by atoms with Gasteiger partial charge in [0.15, 0.2) is 11.6 Å². The molecule has 5 rings (SSSR count). The second-order valence-corrected chi connectivity index (χ2v) is 9.52. The van der Waals surface area contributed by atoms with Gasteiger partial charge in [0.2, 0.25) is 10.0 Å². The van der Waals surface area contributed by atoms with Crippen LogP contribution < -0.4 is 4.90 Å². The number of carbonyl (C=O) groups excluding carboxylic acids is 2. The molecule has 1 saturated heterocycles. The third kappa shape index (κ3) is 3.17. The van der Waals surface area contributed by atoms with Crippen molar-refractivity contribution < 1.29 is 18.0 Å². The van der Waals surface area contributed by atoms with E-state index in [9.17, 15) is 18.0 Å². The minimum Gasteiger partial charge on any atom is -0.369 e. The van der Waals surface area contributed by atoms with E-state index in [4.69, 9.17) is 0 Å². The van der Waals surface area contributed by atoms with Gasteiger partial charge in [0.25, 0.3) is 0 Å². The molecule has 0 spiro atoms. The zero-order chi connectivity index (χ0) is 21.6. The van der Waals surface area contributed by atoms with Crippen molar-refractivity contribution in [1.29, 1.82) is 0 Å². The van der Waals surface area contributed by atoms with Gasteiger partial charge in [-0.25, -0.2) is 8.42 Å². The summed E-state index contributed by atoms with van der Waals surface area (Å²) in [4.78, 5) is 28.2. The topological polar surface area (TPSA) is 74.8 Å². The SMILES string of the molecule is O=C1c2ccccc2C(=O)c2c1cccc2S(=O)(=O)N1CCN(c2ccccc2)CC1. The summed E-state index contributed by atoms with van der Waals surface area (Å²) >= 11 is 0. The molecule has 3 aromatic rings. The zero-order valence-corrected chi connectivity index (χ0v) is 17.5. The van der Waals surface area contributed by atoms with Crippen LogP contribution in [0.4, 0.5) is 5.69 Å². The van der Waals surface area contributed by atoms with E-state index < -0.39 is 15.8 Å². The largest absolute Gasteiger partial charge is 0.369 e. The van der Waals surface area contributed by atoms with E-state index in [-0.39, 0.29) is 27.4 Å². The summed E-state index contributed by atoms with van der Waals surface area (Å²) in [5.74, 6) is -0.747. The molecular formula is C24H20N2O4S. The minimum absolute atomic E-state index is 0.0170. The first kappa shape index (κ1) is 19.7. The first-order valence-corrected chi connectivity index (χ1v) is 11.5. The van der Waals surface area contributed by atoms with Gasteiger partial charge >= 0.3 is 0 Å². The van der Waals surface area contributed by atoms with Crippen LogP contribution in [0.25, 0.3) is 0 Å². The Morgan fingerprint density at radius 3 is 1.87 bits per heavy atom. The van der Waals surface area contributed by atoms with Crippen LogP contribution in [0.3, 0.4) is 0 Å². The Hall–Kier alpha value is -3.29. The van der Waals surface area contributed by atoms with Crippen LogP contribution >= 0.6 is 0 Å². The minimum atomic E-state index is -3.93. The lowest BCUT2D eigenvalue weighted by atomic mass is 9.84. The van der Waals surface area contributed by atoms with Gasteiger partial charge in [-0.2, -0.15) is 4.31 Å². The summed E-state index contributed by atoms with van der Waals surface area (Å²) in [6.45, 7) is 1.71. The Morgan fingerprint density at radius 1 is 0.613 bits per heavy atom. The average molecular weight is 433 g/mol. The third-order valence-corrected chi connectivity index (χ3v) is 7.83.